The summed E-state index contributed by atoms with van der Waals surface area (Å²) in [5.74, 6) is -0.451. The summed E-state index contributed by atoms with van der Waals surface area (Å²) in [5, 5.41) is 0. The van der Waals surface area contributed by atoms with E-state index in [4.69, 9.17) is 10.5 Å². The molecule has 0 spiro atoms. The molecule has 2 heterocycles. The van der Waals surface area contributed by atoms with E-state index >= 15 is 0 Å². The van der Waals surface area contributed by atoms with Gasteiger partial charge in [-0.3, -0.25) is 0 Å². The molecule has 0 unspecified atom stereocenters. The van der Waals surface area contributed by atoms with E-state index in [9.17, 15) is 4.39 Å². The fourth-order valence-corrected chi connectivity index (χ4v) is 2.78. The first-order chi connectivity index (χ1) is 11.0. The van der Waals surface area contributed by atoms with Crippen molar-refractivity contribution in [1.29, 1.82) is 0 Å². The molecule has 2 N–H and O–H groups in total. The zero-order chi connectivity index (χ0) is 16.6. The van der Waals surface area contributed by atoms with Gasteiger partial charge in [0.05, 0.1) is 10.3 Å². The average Bonchev–Trinajstić information content (AvgIpc) is 2.74. The van der Waals surface area contributed by atoms with Crippen molar-refractivity contribution in [2.75, 3.05) is 5.73 Å². The van der Waals surface area contributed by atoms with Gasteiger partial charge in [-0.1, -0.05) is 6.07 Å². The summed E-state index contributed by atoms with van der Waals surface area (Å²) in [5.41, 5.74) is 8.68. The number of halogens is 2. The molecule has 0 saturated heterocycles. The van der Waals surface area contributed by atoms with Crippen LogP contribution in [0.5, 0.6) is 11.8 Å². The minimum absolute atomic E-state index is 0.0602. The van der Waals surface area contributed by atoms with Crippen molar-refractivity contribution in [3.63, 3.8) is 0 Å². The third-order valence-corrected chi connectivity index (χ3v) is 4.29. The summed E-state index contributed by atoms with van der Waals surface area (Å²) in [4.78, 5) is 8.05. The predicted molar refractivity (Wildman–Crippen MR) is 89.8 cm³/mol. The van der Waals surface area contributed by atoms with Crippen molar-refractivity contribution in [2.24, 2.45) is 7.05 Å². The van der Waals surface area contributed by atoms with Crippen LogP contribution in [0.3, 0.4) is 0 Å². The highest BCUT2D eigenvalue weighted by atomic mass is 79.9. The second-order valence-electron chi connectivity index (χ2n) is 5.09. The molecule has 7 heteroatoms. The van der Waals surface area contributed by atoms with Crippen LogP contribution in [-0.2, 0) is 7.05 Å². The van der Waals surface area contributed by atoms with E-state index in [1.807, 2.05) is 18.5 Å². The molecule has 23 heavy (non-hydrogen) atoms. The van der Waals surface area contributed by atoms with E-state index in [1.165, 1.54) is 12.1 Å². The summed E-state index contributed by atoms with van der Waals surface area (Å²) >= 11 is 3.45. The first-order valence-electron chi connectivity index (χ1n) is 6.83. The lowest BCUT2D eigenvalue weighted by molar-refractivity contribution is 0.410. The van der Waals surface area contributed by atoms with Crippen LogP contribution in [0, 0.1) is 12.7 Å². The Morgan fingerprint density at radius 2 is 2.09 bits per heavy atom. The number of aromatic nitrogens is 3. The minimum atomic E-state index is -0.511. The molecule has 0 aliphatic rings. The third-order valence-electron chi connectivity index (χ3n) is 3.33. The first-order valence-corrected chi connectivity index (χ1v) is 7.62. The van der Waals surface area contributed by atoms with Crippen LogP contribution >= 0.6 is 15.9 Å². The van der Waals surface area contributed by atoms with Gasteiger partial charge in [-0.15, -0.1) is 0 Å². The van der Waals surface area contributed by atoms with Crippen molar-refractivity contribution in [3.05, 3.63) is 52.8 Å². The Morgan fingerprint density at radius 1 is 1.30 bits per heavy atom. The first kappa shape index (κ1) is 15.5. The van der Waals surface area contributed by atoms with Gasteiger partial charge in [0.25, 0.3) is 0 Å². The number of anilines is 1. The number of nitrogens with zero attached hydrogens (tertiary/aromatic N) is 3. The van der Waals surface area contributed by atoms with E-state index in [1.54, 1.807) is 24.5 Å². The van der Waals surface area contributed by atoms with E-state index in [2.05, 4.69) is 25.9 Å². The monoisotopic (exact) mass is 376 g/mol. The number of aryl methyl sites for hydroxylation is 2. The lowest BCUT2D eigenvalue weighted by Gasteiger charge is -2.08. The summed E-state index contributed by atoms with van der Waals surface area (Å²) in [6.07, 6.45) is 3.33. The summed E-state index contributed by atoms with van der Waals surface area (Å²) in [6.45, 7) is 1.81. The van der Waals surface area contributed by atoms with Gasteiger partial charge in [-0.25, -0.2) is 14.4 Å². The van der Waals surface area contributed by atoms with Crippen LogP contribution in [0.15, 0.2) is 41.3 Å². The predicted octanol–water partition coefficient (Wildman–Crippen LogP) is 4.07. The van der Waals surface area contributed by atoms with Gasteiger partial charge in [-0.2, -0.15) is 0 Å². The largest absolute Gasteiger partial charge is 0.421 e. The number of ether oxygens (including phenoxy) is 1. The number of rotatable bonds is 3. The van der Waals surface area contributed by atoms with Crippen molar-refractivity contribution < 1.29 is 9.13 Å². The molecular formula is C16H14BrFN4O. The third kappa shape index (κ3) is 3.05. The standard InChI is InChI=1S/C16H14BrFN4O/c1-9-5-6-20-16(21-9)23-13-4-3-10(7-11(13)18)14-12(19)8-22(2)15(14)17/h3-8H,19H2,1-2H3. The van der Waals surface area contributed by atoms with Gasteiger partial charge < -0.3 is 15.0 Å². The topological polar surface area (TPSA) is 66.0 Å². The second-order valence-corrected chi connectivity index (χ2v) is 5.84. The van der Waals surface area contributed by atoms with Crippen LogP contribution in [0.1, 0.15) is 5.69 Å². The molecule has 3 aromatic rings. The molecule has 2 aromatic heterocycles. The molecule has 1 aromatic carbocycles. The van der Waals surface area contributed by atoms with Crippen molar-refractivity contribution in [3.8, 4) is 22.9 Å². The Hall–Kier alpha value is -2.41. The zero-order valence-electron chi connectivity index (χ0n) is 12.5. The van der Waals surface area contributed by atoms with E-state index in [-0.39, 0.29) is 11.8 Å². The highest BCUT2D eigenvalue weighted by molar-refractivity contribution is 9.10. The fourth-order valence-electron chi connectivity index (χ4n) is 2.22. The maximum Gasteiger partial charge on any atom is 0.322 e. The number of hydrogen-bond acceptors (Lipinski definition) is 4. The Labute approximate surface area is 141 Å². The quantitative estimate of drug-likeness (QED) is 0.748. The van der Waals surface area contributed by atoms with Crippen molar-refractivity contribution >= 4 is 21.6 Å². The molecule has 0 saturated carbocycles. The summed E-state index contributed by atoms with van der Waals surface area (Å²) in [6, 6.07) is 6.50. The number of benzene rings is 1. The van der Waals surface area contributed by atoms with Gasteiger partial charge in [0.15, 0.2) is 11.6 Å². The van der Waals surface area contributed by atoms with Gasteiger partial charge in [-0.05, 0) is 46.6 Å². The minimum Gasteiger partial charge on any atom is -0.421 e. The van der Waals surface area contributed by atoms with Crippen LogP contribution in [0.4, 0.5) is 10.1 Å². The van der Waals surface area contributed by atoms with Gasteiger partial charge in [0.1, 0.15) is 0 Å². The smallest absolute Gasteiger partial charge is 0.322 e. The van der Waals surface area contributed by atoms with E-state index in [0.29, 0.717) is 11.3 Å². The number of nitrogen functional groups attached to an aromatic ring is 1. The van der Waals surface area contributed by atoms with Gasteiger partial charge >= 0.3 is 6.01 Å². The maximum atomic E-state index is 14.3. The number of hydrogen-bond donors (Lipinski definition) is 1. The SMILES string of the molecule is Cc1ccnc(Oc2ccc(-c3c(N)cn(C)c3Br)cc2F)n1. The number of nitrogens with two attached hydrogens (primary N) is 1. The van der Waals surface area contributed by atoms with Gasteiger partial charge in [0, 0.05) is 30.7 Å². The Morgan fingerprint density at radius 3 is 2.70 bits per heavy atom. The van der Waals surface area contributed by atoms with Crippen LogP contribution in [0.2, 0.25) is 0 Å². The van der Waals surface area contributed by atoms with Crippen LogP contribution < -0.4 is 10.5 Å². The Balaban J connectivity index is 1.95. The molecule has 0 bridgehead atoms. The molecule has 0 fully saturated rings. The van der Waals surface area contributed by atoms with Crippen LogP contribution in [0.25, 0.3) is 11.1 Å². The fraction of sp³-hybridized carbons (Fsp3) is 0.125. The van der Waals surface area contributed by atoms with E-state index < -0.39 is 5.82 Å². The van der Waals surface area contributed by atoms with Crippen molar-refractivity contribution in [2.45, 2.75) is 6.92 Å². The molecule has 0 aliphatic carbocycles. The lowest BCUT2D eigenvalue weighted by atomic mass is 10.1. The second kappa shape index (κ2) is 6.00. The molecule has 118 valence electrons. The molecule has 5 nitrogen and oxygen atoms in total. The Bertz CT molecular complexity index is 879. The summed E-state index contributed by atoms with van der Waals surface area (Å²) < 4.78 is 22.4. The molecule has 0 amide bonds. The lowest BCUT2D eigenvalue weighted by Crippen LogP contribution is -1.95. The average molecular weight is 377 g/mol. The molecule has 3 rings (SSSR count). The molecular weight excluding hydrogens is 363 g/mol. The molecule has 0 aliphatic heterocycles. The summed E-state index contributed by atoms with van der Waals surface area (Å²) in [7, 11) is 1.85. The van der Waals surface area contributed by atoms with E-state index in [0.717, 1.165) is 15.9 Å². The van der Waals surface area contributed by atoms with Crippen LogP contribution in [-0.4, -0.2) is 14.5 Å². The molecule has 0 radical (unpaired) electrons. The zero-order valence-corrected chi connectivity index (χ0v) is 14.1. The molecule has 0 atom stereocenters. The highest BCUT2D eigenvalue weighted by Gasteiger charge is 2.15. The van der Waals surface area contributed by atoms with Gasteiger partial charge in [0.2, 0.25) is 0 Å². The highest BCUT2D eigenvalue weighted by Crippen LogP contribution is 2.36. The maximum absolute atomic E-state index is 14.3. The normalized spacial score (nSPS) is 10.8. The van der Waals surface area contributed by atoms with Crippen molar-refractivity contribution in [1.82, 2.24) is 14.5 Å². The Kier molecular flexibility index (Phi) is 4.04.